The molecule has 7 N–H and O–H groups in total. The molecule has 0 aliphatic carbocycles. The van der Waals surface area contributed by atoms with Gasteiger partial charge in [-0.05, 0) is 80.2 Å². The lowest BCUT2D eigenvalue weighted by Crippen LogP contribution is -2.60. The lowest BCUT2D eigenvalue weighted by Gasteiger charge is -2.37. The van der Waals surface area contributed by atoms with E-state index in [1.165, 1.54) is 14.0 Å². The number of rotatable bonds is 16. The van der Waals surface area contributed by atoms with Gasteiger partial charge in [0.25, 0.3) is 0 Å². The summed E-state index contributed by atoms with van der Waals surface area (Å²) in [7, 11) is 1.66. The van der Waals surface area contributed by atoms with E-state index < -0.39 is 59.7 Å². The molecular formula is C47H57N9O8. The minimum Gasteiger partial charge on any atom is -0.370 e. The van der Waals surface area contributed by atoms with Crippen LogP contribution in [0.5, 0.6) is 0 Å². The lowest BCUT2D eigenvalue weighted by atomic mass is 9.98. The molecule has 4 heterocycles. The van der Waals surface area contributed by atoms with Crippen molar-refractivity contribution in [1.29, 1.82) is 0 Å². The van der Waals surface area contributed by atoms with E-state index in [1.807, 2.05) is 78.9 Å². The molecule has 338 valence electrons. The molecule has 17 heteroatoms. The predicted molar refractivity (Wildman–Crippen MR) is 237 cm³/mol. The Balaban J connectivity index is 0.917. The SMILES string of the molecule is Cn1c(=O)n(C2CCC(=O)NC2=O)c2ccc(CCCCCC(=O)N3CC[C@H]4CC[C@@H](C(=O)N[C@@H](CCC(N)=O)C(=O)NC(c5ccccc5)c5ccccc5)N4C(=O)[C@@H](N)C3)cc21. The summed E-state index contributed by atoms with van der Waals surface area (Å²) in [6.45, 7) is 0.382. The number of carbonyl (C=O) groups is 7. The molecule has 3 fully saturated rings. The highest BCUT2D eigenvalue weighted by molar-refractivity contribution is 6.00. The van der Waals surface area contributed by atoms with Crippen LogP contribution in [0, 0.1) is 0 Å². The van der Waals surface area contributed by atoms with Crippen molar-refractivity contribution in [2.75, 3.05) is 13.1 Å². The number of nitrogens with two attached hydrogens (primary N) is 2. The zero-order valence-electron chi connectivity index (χ0n) is 36.1. The van der Waals surface area contributed by atoms with Gasteiger partial charge in [0.2, 0.25) is 41.4 Å². The van der Waals surface area contributed by atoms with Crippen LogP contribution >= 0.6 is 0 Å². The van der Waals surface area contributed by atoms with Crippen LogP contribution < -0.4 is 33.1 Å². The molecule has 0 radical (unpaired) electrons. The smallest absolute Gasteiger partial charge is 0.329 e. The topological polar surface area (TPSA) is 241 Å². The van der Waals surface area contributed by atoms with Gasteiger partial charge in [-0.3, -0.25) is 48.0 Å². The van der Waals surface area contributed by atoms with Crippen molar-refractivity contribution in [3.8, 4) is 0 Å². The van der Waals surface area contributed by atoms with E-state index in [0.29, 0.717) is 43.3 Å². The molecule has 7 rings (SSSR count). The van der Waals surface area contributed by atoms with Crippen LogP contribution in [0.25, 0.3) is 11.0 Å². The molecule has 3 aliphatic rings. The predicted octanol–water partition coefficient (Wildman–Crippen LogP) is 2.00. The highest BCUT2D eigenvalue weighted by Gasteiger charge is 2.45. The van der Waals surface area contributed by atoms with Crippen molar-refractivity contribution < 1.29 is 33.6 Å². The number of unbranched alkanes of at least 4 members (excludes halogenated alkanes) is 2. The van der Waals surface area contributed by atoms with E-state index in [4.69, 9.17) is 11.5 Å². The first-order valence-corrected chi connectivity index (χ1v) is 22.2. The summed E-state index contributed by atoms with van der Waals surface area (Å²) in [4.78, 5) is 108. The average molecular weight is 876 g/mol. The van der Waals surface area contributed by atoms with E-state index in [9.17, 15) is 38.4 Å². The van der Waals surface area contributed by atoms with Crippen LogP contribution in [0.4, 0.5) is 0 Å². The second kappa shape index (κ2) is 20.3. The number of benzene rings is 3. The molecule has 4 aromatic rings. The van der Waals surface area contributed by atoms with E-state index >= 15 is 0 Å². The van der Waals surface area contributed by atoms with Crippen LogP contribution in [0.1, 0.15) is 99.4 Å². The number of fused-ring (bicyclic) bond motifs is 2. The third kappa shape index (κ3) is 10.3. The Morgan fingerprint density at radius 1 is 0.812 bits per heavy atom. The van der Waals surface area contributed by atoms with Crippen molar-refractivity contribution in [3.05, 3.63) is 106 Å². The third-order valence-electron chi connectivity index (χ3n) is 12.8. The Kier molecular flexibility index (Phi) is 14.4. The van der Waals surface area contributed by atoms with E-state index in [-0.39, 0.29) is 62.2 Å². The number of hydrogen-bond donors (Lipinski definition) is 5. The van der Waals surface area contributed by atoms with E-state index in [2.05, 4.69) is 16.0 Å². The molecule has 7 amide bonds. The largest absolute Gasteiger partial charge is 0.370 e. The first-order chi connectivity index (χ1) is 30.8. The number of carbonyl (C=O) groups excluding carboxylic acids is 7. The minimum absolute atomic E-state index is 0.0104. The van der Waals surface area contributed by atoms with Gasteiger partial charge in [-0.25, -0.2) is 4.79 Å². The monoisotopic (exact) mass is 875 g/mol. The quantitative estimate of drug-likeness (QED) is 0.0816. The second-order valence-corrected chi connectivity index (χ2v) is 17.1. The maximum Gasteiger partial charge on any atom is 0.329 e. The van der Waals surface area contributed by atoms with Crippen LogP contribution in [0.2, 0.25) is 0 Å². The van der Waals surface area contributed by atoms with Gasteiger partial charge in [0, 0.05) is 45.4 Å². The van der Waals surface area contributed by atoms with E-state index in [1.54, 1.807) is 11.9 Å². The van der Waals surface area contributed by atoms with Gasteiger partial charge >= 0.3 is 5.69 Å². The number of amides is 7. The molecule has 17 nitrogen and oxygen atoms in total. The molecular weight excluding hydrogens is 819 g/mol. The van der Waals surface area contributed by atoms with Crippen molar-refractivity contribution in [1.82, 2.24) is 34.9 Å². The second-order valence-electron chi connectivity index (χ2n) is 17.1. The maximum atomic E-state index is 14.0. The molecule has 3 aliphatic heterocycles. The number of aryl methyl sites for hydroxylation is 2. The number of piperidine rings is 1. The molecule has 1 aromatic heterocycles. The average Bonchev–Trinajstić information content (AvgIpc) is 3.82. The van der Waals surface area contributed by atoms with Crippen LogP contribution in [0.15, 0.2) is 83.7 Å². The van der Waals surface area contributed by atoms with E-state index in [0.717, 1.165) is 36.0 Å². The fourth-order valence-electron chi connectivity index (χ4n) is 9.34. The molecule has 5 atom stereocenters. The van der Waals surface area contributed by atoms with Crippen molar-refractivity contribution in [2.45, 2.75) is 113 Å². The summed E-state index contributed by atoms with van der Waals surface area (Å²) in [5.41, 5.74) is 15.6. The van der Waals surface area contributed by atoms with Crippen LogP contribution in [0.3, 0.4) is 0 Å². The summed E-state index contributed by atoms with van der Waals surface area (Å²) < 4.78 is 2.97. The molecule has 0 bridgehead atoms. The zero-order valence-corrected chi connectivity index (χ0v) is 36.1. The van der Waals surface area contributed by atoms with Gasteiger partial charge in [-0.15, -0.1) is 0 Å². The number of aromatic nitrogens is 2. The molecule has 0 saturated carbocycles. The zero-order chi connectivity index (χ0) is 45.5. The maximum absolute atomic E-state index is 14.0. The number of nitrogens with zero attached hydrogens (tertiary/aromatic N) is 4. The number of imide groups is 1. The first-order valence-electron chi connectivity index (χ1n) is 22.2. The van der Waals surface area contributed by atoms with Crippen molar-refractivity contribution in [3.63, 3.8) is 0 Å². The Bertz CT molecular complexity index is 2410. The summed E-state index contributed by atoms with van der Waals surface area (Å²) in [5.74, 6) is -2.99. The minimum atomic E-state index is -1.11. The van der Waals surface area contributed by atoms with Gasteiger partial charge in [-0.2, -0.15) is 0 Å². The highest BCUT2D eigenvalue weighted by Crippen LogP contribution is 2.30. The molecule has 64 heavy (non-hydrogen) atoms. The Morgan fingerprint density at radius 3 is 2.19 bits per heavy atom. The van der Waals surface area contributed by atoms with Crippen LogP contribution in [-0.2, 0) is 47.0 Å². The van der Waals surface area contributed by atoms with Crippen molar-refractivity contribution in [2.24, 2.45) is 18.5 Å². The standard InChI is InChI=1S/C47H57N9O8/c1-53-38-27-29(17-20-35(38)56(47(53)64)37-22-24-40(58)51-45(37)62)11-5-2-10-16-41(59)54-26-25-32-18-21-36(55(32)46(63)33(48)28-54)44(61)50-34(19-23-39(49)57)43(60)52-42(30-12-6-3-7-13-30)31-14-8-4-9-15-31/h3-4,6-9,12-15,17,20,27,32-34,36-37,42H,2,5,10-11,16,18-19,21-26,28,48H2,1H3,(H2,49,57)(H,50,61)(H,52,60)(H,51,58,62)/t32-,33+,34+,36+,37?/m1/s1. The van der Waals surface area contributed by atoms with Gasteiger partial charge in [0.1, 0.15) is 24.2 Å². The number of primary amides is 1. The fraction of sp³-hybridized carbons (Fsp3) is 0.447. The molecule has 0 spiro atoms. The van der Waals surface area contributed by atoms with Gasteiger partial charge < -0.3 is 31.9 Å². The summed E-state index contributed by atoms with van der Waals surface area (Å²) >= 11 is 0. The summed E-state index contributed by atoms with van der Waals surface area (Å²) in [6.07, 6.45) is 4.77. The number of imidazole rings is 1. The van der Waals surface area contributed by atoms with Gasteiger partial charge in [-0.1, -0.05) is 73.2 Å². The lowest BCUT2D eigenvalue weighted by molar-refractivity contribution is -0.145. The Morgan fingerprint density at radius 2 is 1.52 bits per heavy atom. The Hall–Kier alpha value is -6.62. The molecule has 1 unspecified atom stereocenters. The number of nitrogens with one attached hydrogen (secondary N) is 3. The van der Waals surface area contributed by atoms with Gasteiger partial charge in [0.05, 0.1) is 17.1 Å². The third-order valence-corrected chi connectivity index (χ3v) is 12.8. The van der Waals surface area contributed by atoms with Crippen LogP contribution in [-0.4, -0.2) is 97.5 Å². The summed E-state index contributed by atoms with van der Waals surface area (Å²) in [5, 5.41) is 8.21. The van der Waals surface area contributed by atoms with Gasteiger partial charge in [0.15, 0.2) is 0 Å². The summed E-state index contributed by atoms with van der Waals surface area (Å²) in [6, 6.07) is 19.9. The number of hydrogen-bond acceptors (Lipinski definition) is 9. The normalized spacial score (nSPS) is 20.6. The Labute approximate surface area is 370 Å². The first kappa shape index (κ1) is 45.4. The molecule has 3 saturated heterocycles. The fourth-order valence-corrected chi connectivity index (χ4v) is 9.34. The highest BCUT2D eigenvalue weighted by atomic mass is 16.2. The molecule has 3 aromatic carbocycles. The van der Waals surface area contributed by atoms with Crippen molar-refractivity contribution >= 4 is 52.4 Å².